The van der Waals surface area contributed by atoms with Gasteiger partial charge in [0.05, 0.1) is 5.56 Å². The number of furan rings is 1. The molecular formula is C15H14Br2O2. The van der Waals surface area contributed by atoms with Crippen LogP contribution in [0.2, 0.25) is 0 Å². The number of halogens is 2. The number of hydrogen-bond donors (Lipinski definition) is 0. The van der Waals surface area contributed by atoms with Gasteiger partial charge in [-0.1, -0.05) is 31.9 Å². The fourth-order valence-electron chi connectivity index (χ4n) is 2.08. The number of carbonyl (C=O) groups excluding carboxylic acids is 1. The highest BCUT2D eigenvalue weighted by Gasteiger charge is 2.22. The van der Waals surface area contributed by atoms with E-state index in [0.29, 0.717) is 16.9 Å². The number of aryl methyl sites for hydroxylation is 3. The number of carbonyl (C=O) groups is 1. The Kier molecular flexibility index (Phi) is 4.02. The quantitative estimate of drug-likeness (QED) is 0.659. The summed E-state index contributed by atoms with van der Waals surface area (Å²) in [5.41, 5.74) is 3.30. The minimum Gasteiger partial charge on any atom is -0.466 e. The van der Waals surface area contributed by atoms with Gasteiger partial charge in [-0.2, -0.15) is 0 Å². The normalized spacial score (nSPS) is 10.8. The molecule has 4 heteroatoms. The van der Waals surface area contributed by atoms with Crippen molar-refractivity contribution in [1.82, 2.24) is 0 Å². The van der Waals surface area contributed by atoms with Crippen molar-refractivity contribution in [2.75, 3.05) is 0 Å². The lowest BCUT2D eigenvalue weighted by Gasteiger charge is -2.07. The predicted octanol–water partition coefficient (Wildman–Crippen LogP) is 5.27. The van der Waals surface area contributed by atoms with E-state index in [2.05, 4.69) is 31.9 Å². The third-order valence-electron chi connectivity index (χ3n) is 3.28. The van der Waals surface area contributed by atoms with Crippen molar-refractivity contribution in [3.63, 3.8) is 0 Å². The Bertz CT molecular complexity index is 669. The molecule has 0 N–H and O–H groups in total. The van der Waals surface area contributed by atoms with E-state index in [9.17, 15) is 4.79 Å². The molecular weight excluding hydrogens is 372 g/mol. The summed E-state index contributed by atoms with van der Waals surface area (Å²) in [6.45, 7) is 7.60. The van der Waals surface area contributed by atoms with Gasteiger partial charge >= 0.3 is 0 Å². The molecule has 100 valence electrons. The average Bonchev–Trinajstić information content (AvgIpc) is 2.57. The van der Waals surface area contributed by atoms with E-state index in [-0.39, 0.29) is 5.78 Å². The first-order chi connectivity index (χ1) is 8.82. The second-order valence-corrected chi connectivity index (χ2v) is 6.33. The molecule has 0 aliphatic heterocycles. The van der Waals surface area contributed by atoms with Gasteiger partial charge in [0.2, 0.25) is 0 Å². The Morgan fingerprint density at radius 1 is 1.00 bits per heavy atom. The van der Waals surface area contributed by atoms with E-state index >= 15 is 0 Å². The molecule has 1 aromatic heterocycles. The van der Waals surface area contributed by atoms with Crippen molar-refractivity contribution < 1.29 is 9.21 Å². The first-order valence-electron chi connectivity index (χ1n) is 5.90. The van der Waals surface area contributed by atoms with Crippen molar-refractivity contribution in [3.8, 4) is 0 Å². The third kappa shape index (κ3) is 2.56. The van der Waals surface area contributed by atoms with Crippen molar-refractivity contribution >= 4 is 37.6 Å². The van der Waals surface area contributed by atoms with Gasteiger partial charge in [0, 0.05) is 20.1 Å². The summed E-state index contributed by atoms with van der Waals surface area (Å²) in [5, 5.41) is 0. The Labute approximate surface area is 129 Å². The first kappa shape index (κ1) is 14.5. The zero-order valence-corrected chi connectivity index (χ0v) is 14.4. The molecule has 0 saturated carbocycles. The summed E-state index contributed by atoms with van der Waals surface area (Å²) in [6, 6.07) is 3.79. The van der Waals surface area contributed by atoms with Crippen LogP contribution >= 0.6 is 31.9 Å². The van der Waals surface area contributed by atoms with Crippen molar-refractivity contribution in [2.45, 2.75) is 27.7 Å². The SMILES string of the molecule is Cc1cc(Br)c(C(=O)c2c(C)oc(C)c2C)cc1Br. The molecule has 0 fully saturated rings. The molecule has 19 heavy (non-hydrogen) atoms. The standard InChI is InChI=1S/C15H14Br2O2/c1-7-5-13(17)11(6-12(7)16)15(18)14-8(2)9(3)19-10(14)4/h5-6H,1-4H3. The van der Waals surface area contributed by atoms with Crippen LogP contribution < -0.4 is 0 Å². The van der Waals surface area contributed by atoms with Gasteiger partial charge in [-0.25, -0.2) is 0 Å². The molecule has 1 heterocycles. The van der Waals surface area contributed by atoms with Crippen LogP contribution in [-0.4, -0.2) is 5.78 Å². The summed E-state index contributed by atoms with van der Waals surface area (Å²) in [5.74, 6) is 1.45. The Morgan fingerprint density at radius 2 is 1.63 bits per heavy atom. The van der Waals surface area contributed by atoms with Crippen LogP contribution in [-0.2, 0) is 0 Å². The summed E-state index contributed by atoms with van der Waals surface area (Å²) in [4.78, 5) is 12.7. The maximum Gasteiger partial charge on any atom is 0.197 e. The molecule has 0 aliphatic rings. The topological polar surface area (TPSA) is 30.2 Å². The maximum absolute atomic E-state index is 12.7. The van der Waals surface area contributed by atoms with Gasteiger partial charge in [-0.15, -0.1) is 0 Å². The minimum absolute atomic E-state index is 0.0144. The van der Waals surface area contributed by atoms with Crippen molar-refractivity contribution in [1.29, 1.82) is 0 Å². The number of benzene rings is 1. The van der Waals surface area contributed by atoms with Gasteiger partial charge in [0.25, 0.3) is 0 Å². The molecule has 0 atom stereocenters. The first-order valence-corrected chi connectivity index (χ1v) is 7.48. The van der Waals surface area contributed by atoms with Crippen molar-refractivity contribution in [3.05, 3.63) is 54.9 Å². The van der Waals surface area contributed by atoms with Crippen LogP contribution in [0.25, 0.3) is 0 Å². The lowest BCUT2D eigenvalue weighted by Crippen LogP contribution is -2.05. The molecule has 0 saturated heterocycles. The molecule has 2 rings (SSSR count). The fourth-order valence-corrected chi connectivity index (χ4v) is 3.06. The van der Waals surface area contributed by atoms with Gasteiger partial charge in [-0.3, -0.25) is 4.79 Å². The van der Waals surface area contributed by atoms with Crippen LogP contribution in [0.5, 0.6) is 0 Å². The van der Waals surface area contributed by atoms with E-state index in [4.69, 9.17) is 4.42 Å². The molecule has 2 nitrogen and oxygen atoms in total. The second kappa shape index (κ2) is 5.25. The Hall–Kier alpha value is -0.870. The van der Waals surface area contributed by atoms with Gasteiger partial charge in [0.1, 0.15) is 11.5 Å². The van der Waals surface area contributed by atoms with Crippen molar-refractivity contribution in [2.24, 2.45) is 0 Å². The molecule has 0 aliphatic carbocycles. The third-order valence-corrected chi connectivity index (χ3v) is 4.79. The lowest BCUT2D eigenvalue weighted by molar-refractivity contribution is 0.103. The Balaban J connectivity index is 2.59. The van der Waals surface area contributed by atoms with Gasteiger partial charge in [0.15, 0.2) is 5.78 Å². The van der Waals surface area contributed by atoms with Gasteiger partial charge in [-0.05, 0) is 45.4 Å². The van der Waals surface area contributed by atoms with E-state index < -0.39 is 0 Å². The van der Waals surface area contributed by atoms with E-state index in [1.165, 1.54) is 0 Å². The highest BCUT2D eigenvalue weighted by atomic mass is 79.9. The van der Waals surface area contributed by atoms with Crippen LogP contribution in [0.1, 0.15) is 38.6 Å². The average molecular weight is 386 g/mol. The zero-order chi connectivity index (χ0) is 14.3. The van der Waals surface area contributed by atoms with Crippen LogP contribution in [0.15, 0.2) is 25.5 Å². The predicted molar refractivity (Wildman–Crippen MR) is 82.9 cm³/mol. The lowest BCUT2D eigenvalue weighted by atomic mass is 9.99. The summed E-state index contributed by atoms with van der Waals surface area (Å²) < 4.78 is 7.26. The molecule has 0 spiro atoms. The van der Waals surface area contributed by atoms with Crippen LogP contribution in [0, 0.1) is 27.7 Å². The van der Waals surface area contributed by atoms with Gasteiger partial charge < -0.3 is 4.42 Å². The largest absolute Gasteiger partial charge is 0.466 e. The molecule has 0 radical (unpaired) electrons. The second-order valence-electron chi connectivity index (χ2n) is 4.62. The van der Waals surface area contributed by atoms with E-state index in [1.807, 2.05) is 39.8 Å². The van der Waals surface area contributed by atoms with Crippen LogP contribution in [0.3, 0.4) is 0 Å². The summed E-state index contributed by atoms with van der Waals surface area (Å²) in [6.07, 6.45) is 0. The molecule has 0 bridgehead atoms. The molecule has 0 unspecified atom stereocenters. The zero-order valence-electron chi connectivity index (χ0n) is 11.2. The Morgan fingerprint density at radius 3 is 2.16 bits per heavy atom. The molecule has 2 aromatic rings. The molecule has 1 aromatic carbocycles. The fraction of sp³-hybridized carbons (Fsp3) is 0.267. The molecule has 0 amide bonds. The van der Waals surface area contributed by atoms with Crippen LogP contribution in [0.4, 0.5) is 0 Å². The highest BCUT2D eigenvalue weighted by molar-refractivity contribution is 9.11. The smallest absolute Gasteiger partial charge is 0.197 e. The monoisotopic (exact) mass is 384 g/mol. The summed E-state index contributed by atoms with van der Waals surface area (Å²) in [7, 11) is 0. The highest BCUT2D eigenvalue weighted by Crippen LogP contribution is 2.30. The minimum atomic E-state index is -0.0144. The van der Waals surface area contributed by atoms with E-state index in [0.717, 1.165) is 25.8 Å². The maximum atomic E-state index is 12.7. The van der Waals surface area contributed by atoms with E-state index in [1.54, 1.807) is 0 Å². The number of ketones is 1. The number of hydrogen-bond acceptors (Lipinski definition) is 2. The number of rotatable bonds is 2. The summed E-state index contributed by atoms with van der Waals surface area (Å²) >= 11 is 6.93.